The predicted molar refractivity (Wildman–Crippen MR) is 83.6 cm³/mol. The lowest BCUT2D eigenvalue weighted by molar-refractivity contribution is 0.263. The van der Waals surface area contributed by atoms with E-state index in [4.69, 9.17) is 4.74 Å². The molecule has 106 valence electrons. The van der Waals surface area contributed by atoms with Gasteiger partial charge in [-0.2, -0.15) is 0 Å². The van der Waals surface area contributed by atoms with Crippen molar-refractivity contribution < 1.29 is 4.74 Å². The molecule has 0 bridgehead atoms. The smallest absolute Gasteiger partial charge is 0.119 e. The van der Waals surface area contributed by atoms with Gasteiger partial charge in [-0.1, -0.05) is 29.8 Å². The molecule has 0 amide bonds. The molecule has 1 N–H and O–H groups in total. The number of hydrogen-bond donors (Lipinski definition) is 1. The van der Waals surface area contributed by atoms with Crippen LogP contribution in [0.1, 0.15) is 33.1 Å². The van der Waals surface area contributed by atoms with Crippen LogP contribution in [0.3, 0.4) is 0 Å². The van der Waals surface area contributed by atoms with E-state index < -0.39 is 0 Å². The summed E-state index contributed by atoms with van der Waals surface area (Å²) in [6.07, 6.45) is 3.86. The Morgan fingerprint density at radius 3 is 2.53 bits per heavy atom. The Hall–Kier alpha value is -0.540. The van der Waals surface area contributed by atoms with Gasteiger partial charge in [-0.15, -0.1) is 0 Å². The highest BCUT2D eigenvalue weighted by Gasteiger charge is 2.41. The van der Waals surface area contributed by atoms with E-state index in [2.05, 4.69) is 35.1 Å². The van der Waals surface area contributed by atoms with Crippen LogP contribution in [0.5, 0.6) is 5.75 Å². The summed E-state index contributed by atoms with van der Waals surface area (Å²) in [5, 5.41) is 3.58. The number of nitrogens with one attached hydrogen (secondary N) is 1. The monoisotopic (exact) mass is 325 g/mol. The third-order valence-corrected chi connectivity index (χ3v) is 4.25. The van der Waals surface area contributed by atoms with E-state index in [1.165, 1.54) is 12.8 Å². The molecule has 0 radical (unpaired) electrons. The van der Waals surface area contributed by atoms with Gasteiger partial charge in [0.25, 0.3) is 0 Å². The maximum Gasteiger partial charge on any atom is 0.119 e. The first-order valence-corrected chi connectivity index (χ1v) is 7.98. The zero-order chi connectivity index (χ0) is 13.7. The highest BCUT2D eigenvalue weighted by atomic mass is 79.9. The topological polar surface area (TPSA) is 21.3 Å². The van der Waals surface area contributed by atoms with Crippen molar-refractivity contribution in [2.75, 3.05) is 19.7 Å². The summed E-state index contributed by atoms with van der Waals surface area (Å²) in [5.74, 6) is 1.70. The van der Waals surface area contributed by atoms with Crippen LogP contribution in [0, 0.1) is 11.3 Å². The summed E-state index contributed by atoms with van der Waals surface area (Å²) in [4.78, 5) is 0. The van der Waals surface area contributed by atoms with E-state index in [9.17, 15) is 0 Å². The molecule has 1 aliphatic carbocycles. The average molecular weight is 326 g/mol. The van der Waals surface area contributed by atoms with E-state index in [1.807, 2.05) is 24.3 Å². The molecule has 19 heavy (non-hydrogen) atoms. The molecule has 0 saturated heterocycles. The third kappa shape index (κ3) is 5.15. The van der Waals surface area contributed by atoms with Crippen molar-refractivity contribution in [3.05, 3.63) is 28.7 Å². The van der Waals surface area contributed by atoms with Gasteiger partial charge in [0.1, 0.15) is 5.75 Å². The van der Waals surface area contributed by atoms with Crippen molar-refractivity contribution >= 4 is 15.9 Å². The number of hydrogen-bond acceptors (Lipinski definition) is 2. The molecule has 1 aromatic carbocycles. The highest BCUT2D eigenvalue weighted by Crippen LogP contribution is 2.48. The fraction of sp³-hybridized carbons (Fsp3) is 0.625. The van der Waals surface area contributed by atoms with Gasteiger partial charge in [0, 0.05) is 11.0 Å². The van der Waals surface area contributed by atoms with Gasteiger partial charge in [-0.3, -0.25) is 0 Å². The Balaban J connectivity index is 1.66. The molecule has 2 rings (SSSR count). The third-order valence-electron chi connectivity index (χ3n) is 3.72. The number of ether oxygens (including phenoxy) is 1. The van der Waals surface area contributed by atoms with Crippen LogP contribution in [0.15, 0.2) is 28.7 Å². The molecule has 1 fully saturated rings. The van der Waals surface area contributed by atoms with Crippen molar-refractivity contribution in [3.63, 3.8) is 0 Å². The first kappa shape index (κ1) is 14.9. The minimum Gasteiger partial charge on any atom is -0.494 e. The average Bonchev–Trinajstić information content (AvgIpc) is 3.12. The summed E-state index contributed by atoms with van der Waals surface area (Å²) in [6.45, 7) is 7.60. The first-order valence-electron chi connectivity index (χ1n) is 7.19. The standard InChI is InChI=1S/C16H24BrNO/c1-13(2)11-18-12-16(7-8-16)9-10-19-15-5-3-14(17)4-6-15/h3-6,13,18H,7-12H2,1-2H3. The quantitative estimate of drug-likeness (QED) is 0.771. The Labute approximate surface area is 125 Å². The molecule has 2 nitrogen and oxygen atoms in total. The number of benzene rings is 1. The predicted octanol–water partition coefficient (Wildman–Crippen LogP) is 4.24. The zero-order valence-electron chi connectivity index (χ0n) is 11.9. The Morgan fingerprint density at radius 1 is 1.26 bits per heavy atom. The van der Waals surface area contributed by atoms with E-state index in [-0.39, 0.29) is 0 Å². The van der Waals surface area contributed by atoms with Crippen molar-refractivity contribution in [2.24, 2.45) is 11.3 Å². The second-order valence-electron chi connectivity index (χ2n) is 6.08. The fourth-order valence-corrected chi connectivity index (χ4v) is 2.50. The number of halogens is 1. The zero-order valence-corrected chi connectivity index (χ0v) is 13.5. The summed E-state index contributed by atoms with van der Waals surface area (Å²) < 4.78 is 6.91. The molecule has 1 saturated carbocycles. The Bertz CT molecular complexity index is 384. The Kier molecular flexibility index (Phi) is 5.28. The minimum absolute atomic E-state index is 0.518. The minimum atomic E-state index is 0.518. The van der Waals surface area contributed by atoms with Gasteiger partial charge in [-0.05, 0) is 61.4 Å². The largest absolute Gasteiger partial charge is 0.494 e. The molecule has 0 atom stereocenters. The van der Waals surface area contributed by atoms with Crippen molar-refractivity contribution in [1.29, 1.82) is 0 Å². The van der Waals surface area contributed by atoms with E-state index in [1.54, 1.807) is 0 Å². The molecule has 1 aliphatic rings. The van der Waals surface area contributed by atoms with Crippen molar-refractivity contribution in [3.8, 4) is 5.75 Å². The summed E-state index contributed by atoms with van der Waals surface area (Å²) in [5.41, 5.74) is 0.518. The van der Waals surface area contributed by atoms with Crippen LogP contribution in [0.25, 0.3) is 0 Å². The Morgan fingerprint density at radius 2 is 1.95 bits per heavy atom. The molecule has 3 heteroatoms. The van der Waals surface area contributed by atoms with E-state index in [0.29, 0.717) is 5.41 Å². The van der Waals surface area contributed by atoms with Gasteiger partial charge in [0.2, 0.25) is 0 Å². The number of rotatable bonds is 8. The summed E-state index contributed by atoms with van der Waals surface area (Å²) >= 11 is 3.43. The lowest BCUT2D eigenvalue weighted by atomic mass is 10.0. The van der Waals surface area contributed by atoms with Crippen LogP contribution >= 0.6 is 15.9 Å². The first-order chi connectivity index (χ1) is 9.10. The van der Waals surface area contributed by atoms with Gasteiger partial charge < -0.3 is 10.1 Å². The maximum absolute atomic E-state index is 5.82. The van der Waals surface area contributed by atoms with Gasteiger partial charge >= 0.3 is 0 Å². The highest BCUT2D eigenvalue weighted by molar-refractivity contribution is 9.10. The molecule has 1 aromatic rings. The van der Waals surface area contributed by atoms with Crippen molar-refractivity contribution in [1.82, 2.24) is 5.32 Å². The van der Waals surface area contributed by atoms with Gasteiger partial charge in [-0.25, -0.2) is 0 Å². The molecular weight excluding hydrogens is 302 g/mol. The molecule has 0 unspecified atom stereocenters. The second kappa shape index (κ2) is 6.76. The maximum atomic E-state index is 5.82. The molecule has 0 heterocycles. The molecule has 0 aromatic heterocycles. The van der Waals surface area contributed by atoms with E-state index in [0.717, 1.165) is 42.3 Å². The molecule has 0 aliphatic heterocycles. The van der Waals surface area contributed by atoms with Crippen LogP contribution < -0.4 is 10.1 Å². The van der Waals surface area contributed by atoms with Gasteiger partial charge in [0.05, 0.1) is 6.61 Å². The van der Waals surface area contributed by atoms with Crippen LogP contribution in [-0.4, -0.2) is 19.7 Å². The second-order valence-corrected chi connectivity index (χ2v) is 6.99. The summed E-state index contributed by atoms with van der Waals surface area (Å²) in [7, 11) is 0. The van der Waals surface area contributed by atoms with Crippen LogP contribution in [0.2, 0.25) is 0 Å². The normalized spacial score (nSPS) is 16.6. The lowest BCUT2D eigenvalue weighted by Crippen LogP contribution is -2.28. The SMILES string of the molecule is CC(C)CNCC1(CCOc2ccc(Br)cc2)CC1. The van der Waals surface area contributed by atoms with Crippen LogP contribution in [-0.2, 0) is 0 Å². The fourth-order valence-electron chi connectivity index (χ4n) is 2.23. The van der Waals surface area contributed by atoms with Gasteiger partial charge in [0.15, 0.2) is 0 Å². The van der Waals surface area contributed by atoms with Crippen LogP contribution in [0.4, 0.5) is 0 Å². The summed E-state index contributed by atoms with van der Waals surface area (Å²) in [6, 6.07) is 8.07. The molecule has 0 spiro atoms. The lowest BCUT2D eigenvalue weighted by Gasteiger charge is -2.17. The van der Waals surface area contributed by atoms with Crippen molar-refractivity contribution in [2.45, 2.75) is 33.1 Å². The molecular formula is C16H24BrNO. The van der Waals surface area contributed by atoms with E-state index >= 15 is 0 Å².